The molecule has 2 aromatic rings. The van der Waals surface area contributed by atoms with Crippen molar-refractivity contribution in [3.63, 3.8) is 0 Å². The van der Waals surface area contributed by atoms with E-state index in [2.05, 4.69) is 10.6 Å². The van der Waals surface area contributed by atoms with Crippen LogP contribution in [0.25, 0.3) is 0 Å². The number of methoxy groups -OCH3 is 1. The number of carbonyl (C=O) groups is 2. The van der Waals surface area contributed by atoms with Crippen LogP contribution < -0.4 is 24.8 Å². The summed E-state index contributed by atoms with van der Waals surface area (Å²) in [5, 5.41) is 5.68. The van der Waals surface area contributed by atoms with Crippen LogP contribution in [-0.4, -0.2) is 25.7 Å². The molecule has 7 heteroatoms. The fraction of sp³-hybridized carbons (Fsp3) is 0.300. The molecule has 1 fully saturated rings. The van der Waals surface area contributed by atoms with Gasteiger partial charge in [-0.05, 0) is 31.0 Å². The number of para-hydroxylation sites is 1. The smallest absolute Gasteiger partial charge is 0.240 e. The highest BCUT2D eigenvalue weighted by Crippen LogP contribution is 2.47. The van der Waals surface area contributed by atoms with Crippen LogP contribution in [0.15, 0.2) is 42.5 Å². The standard InChI is InChI=1S/C20H20N2O5/c1-25-15-5-3-2-4-13(15)11-21-18(23)20(8-9-20)19(24)22-14-6-7-16-17(10-14)27-12-26-16/h2-7,10H,8-9,11-12H2,1H3,(H,21,23)(H,22,24). The van der Waals surface area contributed by atoms with Crippen molar-refractivity contribution in [2.24, 2.45) is 5.41 Å². The summed E-state index contributed by atoms with van der Waals surface area (Å²) in [5.41, 5.74) is 0.423. The third-order valence-electron chi connectivity index (χ3n) is 4.88. The molecule has 27 heavy (non-hydrogen) atoms. The van der Waals surface area contributed by atoms with Gasteiger partial charge in [-0.25, -0.2) is 0 Å². The van der Waals surface area contributed by atoms with Crippen molar-refractivity contribution in [3.05, 3.63) is 48.0 Å². The molecule has 1 aliphatic heterocycles. The average Bonchev–Trinajstić information content (AvgIpc) is 3.38. The first-order chi connectivity index (χ1) is 13.1. The van der Waals surface area contributed by atoms with Crippen LogP contribution in [0.3, 0.4) is 0 Å². The Morgan fingerprint density at radius 1 is 1.07 bits per heavy atom. The number of carbonyl (C=O) groups excluding carboxylic acids is 2. The maximum atomic E-state index is 12.7. The zero-order valence-electron chi connectivity index (χ0n) is 14.9. The molecule has 0 bridgehead atoms. The Labute approximate surface area is 156 Å². The number of amides is 2. The van der Waals surface area contributed by atoms with Crippen LogP contribution in [-0.2, 0) is 16.1 Å². The van der Waals surface area contributed by atoms with E-state index in [9.17, 15) is 9.59 Å². The molecule has 1 heterocycles. The maximum Gasteiger partial charge on any atom is 0.240 e. The summed E-state index contributed by atoms with van der Waals surface area (Å²) in [7, 11) is 1.59. The average molecular weight is 368 g/mol. The SMILES string of the molecule is COc1ccccc1CNC(=O)C1(C(=O)Nc2ccc3c(c2)OCO3)CC1. The van der Waals surface area contributed by atoms with Gasteiger partial charge >= 0.3 is 0 Å². The van der Waals surface area contributed by atoms with E-state index in [4.69, 9.17) is 14.2 Å². The van der Waals surface area contributed by atoms with Crippen molar-refractivity contribution in [1.82, 2.24) is 5.32 Å². The van der Waals surface area contributed by atoms with E-state index >= 15 is 0 Å². The van der Waals surface area contributed by atoms with Crippen LogP contribution in [0.5, 0.6) is 17.2 Å². The minimum Gasteiger partial charge on any atom is -0.496 e. The van der Waals surface area contributed by atoms with Crippen molar-refractivity contribution in [2.45, 2.75) is 19.4 Å². The number of rotatable bonds is 6. The second kappa shape index (κ2) is 6.83. The van der Waals surface area contributed by atoms with Gasteiger partial charge in [0.15, 0.2) is 11.5 Å². The first-order valence-electron chi connectivity index (χ1n) is 8.74. The summed E-state index contributed by atoms with van der Waals surface area (Å²) in [4.78, 5) is 25.4. The monoisotopic (exact) mass is 368 g/mol. The van der Waals surface area contributed by atoms with Crippen molar-refractivity contribution < 1.29 is 23.8 Å². The Bertz CT molecular complexity index is 892. The first kappa shape index (κ1) is 17.2. The Kier molecular flexibility index (Phi) is 4.35. The van der Waals surface area contributed by atoms with Crippen LogP contribution in [0, 0.1) is 5.41 Å². The van der Waals surface area contributed by atoms with Gasteiger partial charge in [0.2, 0.25) is 18.6 Å². The molecule has 0 atom stereocenters. The second-order valence-corrected chi connectivity index (χ2v) is 6.60. The summed E-state index contributed by atoms with van der Waals surface area (Å²) in [5.74, 6) is 1.35. The lowest BCUT2D eigenvalue weighted by Gasteiger charge is -2.16. The van der Waals surface area contributed by atoms with Crippen molar-refractivity contribution in [2.75, 3.05) is 19.2 Å². The van der Waals surface area contributed by atoms with E-state index < -0.39 is 5.41 Å². The molecular formula is C20H20N2O5. The van der Waals surface area contributed by atoms with Gasteiger partial charge in [-0.15, -0.1) is 0 Å². The van der Waals surface area contributed by atoms with Crippen molar-refractivity contribution >= 4 is 17.5 Å². The third kappa shape index (κ3) is 3.28. The second-order valence-electron chi connectivity index (χ2n) is 6.60. The lowest BCUT2D eigenvalue weighted by molar-refractivity contribution is -0.134. The highest BCUT2D eigenvalue weighted by atomic mass is 16.7. The number of ether oxygens (including phenoxy) is 3. The largest absolute Gasteiger partial charge is 0.496 e. The van der Waals surface area contributed by atoms with Crippen LogP contribution in [0.1, 0.15) is 18.4 Å². The number of hydrogen-bond acceptors (Lipinski definition) is 5. The molecule has 7 nitrogen and oxygen atoms in total. The number of nitrogens with one attached hydrogen (secondary N) is 2. The molecule has 2 aromatic carbocycles. The lowest BCUT2D eigenvalue weighted by atomic mass is 10.0. The number of fused-ring (bicyclic) bond motifs is 1. The molecule has 2 N–H and O–H groups in total. The van der Waals surface area contributed by atoms with Gasteiger partial charge in [-0.1, -0.05) is 18.2 Å². The predicted octanol–water partition coefficient (Wildman–Crippen LogP) is 2.46. The third-order valence-corrected chi connectivity index (χ3v) is 4.88. The highest BCUT2D eigenvalue weighted by molar-refractivity contribution is 6.13. The minimum atomic E-state index is -1.02. The molecule has 2 amide bonds. The van der Waals surface area contributed by atoms with Gasteiger partial charge in [0.1, 0.15) is 11.2 Å². The Hall–Kier alpha value is -3.22. The molecule has 1 aliphatic carbocycles. The van der Waals surface area contributed by atoms with Crippen molar-refractivity contribution in [3.8, 4) is 17.2 Å². The van der Waals surface area contributed by atoms with E-state index in [1.807, 2.05) is 24.3 Å². The normalized spacial score (nSPS) is 15.7. The molecular weight excluding hydrogens is 348 g/mol. The van der Waals surface area contributed by atoms with Crippen LogP contribution in [0.2, 0.25) is 0 Å². The molecule has 0 spiro atoms. The van der Waals surface area contributed by atoms with Gasteiger partial charge in [0, 0.05) is 23.9 Å². The summed E-state index contributed by atoms with van der Waals surface area (Å²) in [6.45, 7) is 0.476. The lowest BCUT2D eigenvalue weighted by Crippen LogP contribution is -2.39. The molecule has 0 aromatic heterocycles. The molecule has 2 aliphatic rings. The molecule has 140 valence electrons. The maximum absolute atomic E-state index is 12.7. The Morgan fingerprint density at radius 3 is 2.63 bits per heavy atom. The summed E-state index contributed by atoms with van der Waals surface area (Å²) < 4.78 is 15.9. The van der Waals surface area contributed by atoms with Gasteiger partial charge in [-0.3, -0.25) is 9.59 Å². The van der Waals surface area contributed by atoms with Gasteiger partial charge in [0.05, 0.1) is 7.11 Å². The zero-order chi connectivity index (χ0) is 18.9. The summed E-state index contributed by atoms with van der Waals surface area (Å²) >= 11 is 0. The molecule has 0 saturated heterocycles. The Balaban J connectivity index is 1.40. The minimum absolute atomic E-state index is 0.169. The summed E-state index contributed by atoms with van der Waals surface area (Å²) in [6.07, 6.45) is 1.06. The molecule has 4 rings (SSSR count). The van der Waals surface area contributed by atoms with E-state index in [0.29, 0.717) is 42.3 Å². The molecule has 0 unspecified atom stereocenters. The van der Waals surface area contributed by atoms with E-state index in [1.54, 1.807) is 25.3 Å². The fourth-order valence-electron chi connectivity index (χ4n) is 3.10. The van der Waals surface area contributed by atoms with Gasteiger partial charge < -0.3 is 24.8 Å². The number of anilines is 1. The van der Waals surface area contributed by atoms with Crippen molar-refractivity contribution in [1.29, 1.82) is 0 Å². The number of benzene rings is 2. The topological polar surface area (TPSA) is 85.9 Å². The van der Waals surface area contributed by atoms with Crippen LogP contribution in [0.4, 0.5) is 5.69 Å². The van der Waals surface area contributed by atoms with E-state index in [1.165, 1.54) is 0 Å². The Morgan fingerprint density at radius 2 is 1.85 bits per heavy atom. The quantitative estimate of drug-likeness (QED) is 0.765. The number of hydrogen-bond donors (Lipinski definition) is 2. The molecule has 0 radical (unpaired) electrons. The van der Waals surface area contributed by atoms with E-state index in [-0.39, 0.29) is 18.6 Å². The highest BCUT2D eigenvalue weighted by Gasteiger charge is 2.56. The predicted molar refractivity (Wildman–Crippen MR) is 97.7 cm³/mol. The first-order valence-corrected chi connectivity index (χ1v) is 8.74. The molecule has 1 saturated carbocycles. The summed E-state index contributed by atoms with van der Waals surface area (Å²) in [6, 6.07) is 12.6. The van der Waals surface area contributed by atoms with Gasteiger partial charge in [-0.2, -0.15) is 0 Å². The van der Waals surface area contributed by atoms with Crippen LogP contribution >= 0.6 is 0 Å². The zero-order valence-corrected chi connectivity index (χ0v) is 14.9. The van der Waals surface area contributed by atoms with E-state index in [0.717, 1.165) is 5.56 Å². The van der Waals surface area contributed by atoms with Gasteiger partial charge in [0.25, 0.3) is 0 Å². The fourth-order valence-corrected chi connectivity index (χ4v) is 3.10.